The van der Waals surface area contributed by atoms with Crippen molar-refractivity contribution in [2.45, 2.75) is 47.5 Å². The number of nitrogens with zero attached hydrogens (tertiary/aromatic N) is 1. The topological polar surface area (TPSA) is 51.5 Å². The highest BCUT2D eigenvalue weighted by atomic mass is 19.1. The highest BCUT2D eigenvalue weighted by Crippen LogP contribution is 2.31. The summed E-state index contributed by atoms with van der Waals surface area (Å²) >= 11 is 0. The summed E-state index contributed by atoms with van der Waals surface area (Å²) in [6.45, 7) is 9.68. The van der Waals surface area contributed by atoms with Crippen LogP contribution in [0, 0.1) is 24.6 Å². The predicted octanol–water partition coefficient (Wildman–Crippen LogP) is 9.68. The first-order valence-electron chi connectivity index (χ1n) is 12.8. The van der Waals surface area contributed by atoms with Gasteiger partial charge in [-0.25, -0.2) is 4.39 Å². The second-order valence-corrected chi connectivity index (χ2v) is 8.21. The normalized spacial score (nSPS) is 11.4. The van der Waals surface area contributed by atoms with Crippen LogP contribution in [-0.2, 0) is 0 Å². The van der Waals surface area contributed by atoms with Crippen LogP contribution in [0.2, 0.25) is 0 Å². The largest absolute Gasteiger partial charge is 0.456 e. The minimum Gasteiger partial charge on any atom is -0.456 e. The molecule has 0 amide bonds. The zero-order valence-electron chi connectivity index (χ0n) is 23.0. The summed E-state index contributed by atoms with van der Waals surface area (Å²) in [5, 5.41) is 2.01. The van der Waals surface area contributed by atoms with E-state index >= 15 is 0 Å². The number of fused-ring (bicyclic) bond motifs is 3. The maximum atomic E-state index is 13.3. The molecule has 0 saturated carbocycles. The van der Waals surface area contributed by atoms with E-state index in [2.05, 4.69) is 29.8 Å². The average molecular weight is 509 g/mol. The molecule has 3 aromatic carbocycles. The SMILES string of the molecule is C/C=C\C=Nc1ccccc1/C(N)=C/C=C\CC.CC#CCC.Cc1c(F)ccc2c1oc1ccccc12. The number of rotatable bonds is 5. The van der Waals surface area contributed by atoms with Crippen LogP contribution in [-0.4, -0.2) is 6.21 Å². The van der Waals surface area contributed by atoms with Gasteiger partial charge in [-0.3, -0.25) is 4.99 Å². The number of furan rings is 1. The van der Waals surface area contributed by atoms with Gasteiger partial charge in [-0.1, -0.05) is 68.5 Å². The van der Waals surface area contributed by atoms with Crippen molar-refractivity contribution < 1.29 is 8.81 Å². The molecule has 196 valence electrons. The van der Waals surface area contributed by atoms with Crippen LogP contribution >= 0.6 is 0 Å². The van der Waals surface area contributed by atoms with Gasteiger partial charge in [-0.05, 0) is 63.6 Å². The molecule has 3 nitrogen and oxygen atoms in total. The number of hydrogen-bond acceptors (Lipinski definition) is 3. The third-order valence-corrected chi connectivity index (χ3v) is 5.44. The zero-order chi connectivity index (χ0) is 27.8. The highest BCUT2D eigenvalue weighted by molar-refractivity contribution is 6.05. The smallest absolute Gasteiger partial charge is 0.141 e. The summed E-state index contributed by atoms with van der Waals surface area (Å²) in [5.41, 5.74) is 10.7. The van der Waals surface area contributed by atoms with Crippen LogP contribution < -0.4 is 5.73 Å². The minimum absolute atomic E-state index is 0.221. The van der Waals surface area contributed by atoms with Gasteiger partial charge in [0.2, 0.25) is 0 Å². The van der Waals surface area contributed by atoms with Crippen LogP contribution in [0.15, 0.2) is 100 Å². The number of para-hydroxylation sites is 2. The Labute approximate surface area is 226 Å². The Morgan fingerprint density at radius 3 is 2.42 bits per heavy atom. The first-order chi connectivity index (χ1) is 18.5. The van der Waals surface area contributed by atoms with E-state index in [0.29, 0.717) is 11.1 Å². The van der Waals surface area contributed by atoms with E-state index in [1.165, 1.54) is 6.07 Å². The highest BCUT2D eigenvalue weighted by Gasteiger charge is 2.10. The molecule has 4 aromatic rings. The average Bonchev–Trinajstić information content (AvgIpc) is 3.32. The van der Waals surface area contributed by atoms with Crippen LogP contribution in [0.25, 0.3) is 27.6 Å². The number of hydrogen-bond donors (Lipinski definition) is 1. The van der Waals surface area contributed by atoms with Crippen molar-refractivity contribution in [1.82, 2.24) is 0 Å². The molecule has 0 unspecified atom stereocenters. The number of aliphatic imine (C=N–C) groups is 1. The predicted molar refractivity (Wildman–Crippen MR) is 163 cm³/mol. The fraction of sp³-hybridized carbons (Fsp3) is 0.206. The third-order valence-electron chi connectivity index (χ3n) is 5.44. The van der Waals surface area contributed by atoms with Gasteiger partial charge >= 0.3 is 0 Å². The molecule has 1 heterocycles. The molecule has 1 aromatic heterocycles. The standard InChI is InChI=1S/C16H20N2.C13H9FO.C5H8/c1-3-5-7-11-15(17)14-10-8-9-12-16(14)18-13-6-4-2;1-8-11(14)7-6-10-9-4-2-3-5-12(9)15-13(8)10;1-3-5-4-2/h4-13H,3,17H2,1-2H3;2-7H,1H3;3H2,1-2H3/b6-4-,7-5-,15-11-,18-13?;;. The second-order valence-electron chi connectivity index (χ2n) is 8.21. The van der Waals surface area contributed by atoms with Gasteiger partial charge in [0.25, 0.3) is 0 Å². The molecular formula is C34H37FN2O. The van der Waals surface area contributed by atoms with Crippen molar-refractivity contribution in [3.05, 3.63) is 108 Å². The lowest BCUT2D eigenvalue weighted by Gasteiger charge is -2.04. The summed E-state index contributed by atoms with van der Waals surface area (Å²) in [4.78, 5) is 4.39. The van der Waals surface area contributed by atoms with Gasteiger partial charge in [0.1, 0.15) is 17.0 Å². The molecule has 0 aliphatic heterocycles. The Hall–Kier alpha value is -4.36. The molecule has 4 heteroatoms. The van der Waals surface area contributed by atoms with Crippen molar-refractivity contribution in [2.24, 2.45) is 10.7 Å². The Balaban J connectivity index is 0.000000229. The molecule has 0 bridgehead atoms. The van der Waals surface area contributed by atoms with Crippen LogP contribution in [0.4, 0.5) is 10.1 Å². The molecule has 0 saturated heterocycles. The number of aryl methyl sites for hydroxylation is 1. The minimum atomic E-state index is -0.221. The van der Waals surface area contributed by atoms with Gasteiger partial charge < -0.3 is 10.2 Å². The molecule has 0 spiro atoms. The summed E-state index contributed by atoms with van der Waals surface area (Å²) in [6, 6.07) is 18.9. The molecular weight excluding hydrogens is 471 g/mol. The van der Waals surface area contributed by atoms with Gasteiger partial charge in [0.05, 0.1) is 5.69 Å². The van der Waals surface area contributed by atoms with E-state index in [1.54, 1.807) is 19.2 Å². The summed E-state index contributed by atoms with van der Waals surface area (Å²) in [5.74, 6) is 5.41. The third kappa shape index (κ3) is 8.64. The van der Waals surface area contributed by atoms with E-state index in [9.17, 15) is 4.39 Å². The van der Waals surface area contributed by atoms with Crippen LogP contribution in [0.1, 0.15) is 51.7 Å². The van der Waals surface area contributed by atoms with Gasteiger partial charge in [0, 0.05) is 40.2 Å². The van der Waals surface area contributed by atoms with Crippen molar-refractivity contribution in [3.8, 4) is 11.8 Å². The fourth-order valence-corrected chi connectivity index (χ4v) is 3.51. The molecule has 0 aliphatic rings. The Morgan fingerprint density at radius 2 is 1.74 bits per heavy atom. The lowest BCUT2D eigenvalue weighted by Crippen LogP contribution is -1.95. The Morgan fingerprint density at radius 1 is 1.00 bits per heavy atom. The van der Waals surface area contributed by atoms with E-state index in [1.807, 2.05) is 93.6 Å². The zero-order valence-corrected chi connectivity index (χ0v) is 23.0. The first-order valence-corrected chi connectivity index (χ1v) is 12.8. The number of nitrogens with two attached hydrogens (primary N) is 1. The van der Waals surface area contributed by atoms with Gasteiger partial charge in [-0.15, -0.1) is 11.8 Å². The Kier molecular flexibility index (Phi) is 12.9. The van der Waals surface area contributed by atoms with Gasteiger partial charge in [0.15, 0.2) is 0 Å². The monoisotopic (exact) mass is 508 g/mol. The summed E-state index contributed by atoms with van der Waals surface area (Å²) in [7, 11) is 0. The van der Waals surface area contributed by atoms with E-state index < -0.39 is 0 Å². The molecule has 0 atom stereocenters. The number of halogens is 1. The summed E-state index contributed by atoms with van der Waals surface area (Å²) < 4.78 is 18.9. The van der Waals surface area contributed by atoms with E-state index in [0.717, 1.165) is 46.1 Å². The fourth-order valence-electron chi connectivity index (χ4n) is 3.51. The summed E-state index contributed by atoms with van der Waals surface area (Å²) in [6.07, 6.45) is 13.5. The lowest BCUT2D eigenvalue weighted by molar-refractivity contribution is 0.607. The molecule has 0 aliphatic carbocycles. The Bertz CT molecular complexity index is 1490. The number of allylic oxidation sites excluding steroid dienone is 5. The first kappa shape index (κ1) is 29.9. The molecule has 2 N–H and O–H groups in total. The molecule has 38 heavy (non-hydrogen) atoms. The maximum Gasteiger partial charge on any atom is 0.141 e. The van der Waals surface area contributed by atoms with Crippen molar-refractivity contribution in [2.75, 3.05) is 0 Å². The van der Waals surface area contributed by atoms with E-state index in [-0.39, 0.29) is 5.82 Å². The molecule has 4 rings (SSSR count). The van der Waals surface area contributed by atoms with Crippen molar-refractivity contribution in [1.29, 1.82) is 0 Å². The van der Waals surface area contributed by atoms with Crippen LogP contribution in [0.3, 0.4) is 0 Å². The lowest BCUT2D eigenvalue weighted by atomic mass is 10.1. The van der Waals surface area contributed by atoms with Crippen molar-refractivity contribution >= 4 is 39.5 Å². The molecule has 0 radical (unpaired) electrons. The molecule has 0 fully saturated rings. The second kappa shape index (κ2) is 16.4. The quantitative estimate of drug-likeness (QED) is 0.166. The maximum absolute atomic E-state index is 13.3. The van der Waals surface area contributed by atoms with Gasteiger partial charge in [-0.2, -0.15) is 0 Å². The van der Waals surface area contributed by atoms with E-state index in [4.69, 9.17) is 10.2 Å². The number of benzene rings is 3. The van der Waals surface area contributed by atoms with Crippen molar-refractivity contribution in [3.63, 3.8) is 0 Å². The van der Waals surface area contributed by atoms with Crippen LogP contribution in [0.5, 0.6) is 0 Å².